The molecule has 0 radical (unpaired) electrons. The van der Waals surface area contributed by atoms with E-state index < -0.39 is 6.04 Å². The number of rotatable bonds is 12. The molecule has 0 saturated carbocycles. The number of methoxy groups -OCH3 is 1. The number of benzene rings is 2. The molecular formula is C25H33ClN2O3S. The summed E-state index contributed by atoms with van der Waals surface area (Å²) in [5.74, 6) is 1.25. The SMILES string of the molecule is CCC(C)NC(=O)C(CC)N(Cc1ccc(OC)cc1)C(=O)CCSc1ccc(Cl)cc1. The van der Waals surface area contributed by atoms with E-state index in [4.69, 9.17) is 16.3 Å². The van der Waals surface area contributed by atoms with Crippen LogP contribution in [0.2, 0.25) is 5.02 Å². The van der Waals surface area contributed by atoms with Crippen LogP contribution < -0.4 is 10.1 Å². The molecule has 2 rings (SSSR count). The van der Waals surface area contributed by atoms with Crippen LogP contribution in [0.1, 0.15) is 45.6 Å². The Balaban J connectivity index is 2.13. The molecule has 7 heteroatoms. The van der Waals surface area contributed by atoms with Crippen LogP contribution in [-0.2, 0) is 16.1 Å². The van der Waals surface area contributed by atoms with Crippen LogP contribution in [-0.4, -0.2) is 41.7 Å². The zero-order valence-corrected chi connectivity index (χ0v) is 20.8. The highest BCUT2D eigenvalue weighted by molar-refractivity contribution is 7.99. The van der Waals surface area contributed by atoms with Gasteiger partial charge in [0, 0.05) is 34.7 Å². The number of nitrogens with one attached hydrogen (secondary N) is 1. The minimum Gasteiger partial charge on any atom is -0.497 e. The second kappa shape index (κ2) is 13.4. The molecule has 0 bridgehead atoms. The van der Waals surface area contributed by atoms with E-state index >= 15 is 0 Å². The summed E-state index contributed by atoms with van der Waals surface area (Å²) in [6.07, 6.45) is 1.73. The third-order valence-corrected chi connectivity index (χ3v) is 6.56. The molecule has 0 saturated heterocycles. The largest absolute Gasteiger partial charge is 0.497 e. The summed E-state index contributed by atoms with van der Waals surface area (Å²) in [4.78, 5) is 29.0. The van der Waals surface area contributed by atoms with Crippen LogP contribution in [0.3, 0.4) is 0 Å². The lowest BCUT2D eigenvalue weighted by Gasteiger charge is -2.31. The first-order chi connectivity index (χ1) is 15.4. The molecule has 2 unspecified atom stereocenters. The number of ether oxygens (including phenoxy) is 1. The fraction of sp³-hybridized carbons (Fsp3) is 0.440. The maximum atomic E-state index is 13.3. The van der Waals surface area contributed by atoms with E-state index in [1.54, 1.807) is 23.8 Å². The summed E-state index contributed by atoms with van der Waals surface area (Å²) in [6, 6.07) is 14.7. The van der Waals surface area contributed by atoms with Gasteiger partial charge in [-0.05, 0) is 61.7 Å². The molecule has 0 aliphatic heterocycles. The van der Waals surface area contributed by atoms with E-state index in [1.165, 1.54) is 0 Å². The molecule has 5 nitrogen and oxygen atoms in total. The fourth-order valence-electron chi connectivity index (χ4n) is 3.22. The van der Waals surface area contributed by atoms with E-state index in [2.05, 4.69) is 5.32 Å². The van der Waals surface area contributed by atoms with Crippen molar-refractivity contribution < 1.29 is 14.3 Å². The highest BCUT2D eigenvalue weighted by atomic mass is 35.5. The lowest BCUT2D eigenvalue weighted by molar-refractivity contribution is -0.141. The number of carbonyl (C=O) groups is 2. The summed E-state index contributed by atoms with van der Waals surface area (Å²) in [5.41, 5.74) is 0.958. The highest BCUT2D eigenvalue weighted by Gasteiger charge is 2.29. The van der Waals surface area contributed by atoms with Crippen LogP contribution in [0.5, 0.6) is 5.75 Å². The normalized spacial score (nSPS) is 12.7. The van der Waals surface area contributed by atoms with Gasteiger partial charge in [0.25, 0.3) is 0 Å². The summed E-state index contributed by atoms with van der Waals surface area (Å²) in [5, 5.41) is 3.73. The van der Waals surface area contributed by atoms with Crippen molar-refractivity contribution in [2.24, 2.45) is 0 Å². The second-order valence-electron chi connectivity index (χ2n) is 7.66. The molecule has 0 aromatic heterocycles. The van der Waals surface area contributed by atoms with E-state index in [9.17, 15) is 9.59 Å². The smallest absolute Gasteiger partial charge is 0.243 e. The molecule has 174 valence electrons. The summed E-state index contributed by atoms with van der Waals surface area (Å²) in [7, 11) is 1.62. The number of hydrogen-bond donors (Lipinski definition) is 1. The van der Waals surface area contributed by atoms with E-state index in [0.29, 0.717) is 30.2 Å². The third-order valence-electron chi connectivity index (χ3n) is 5.30. The average Bonchev–Trinajstić information content (AvgIpc) is 2.80. The predicted octanol–water partition coefficient (Wildman–Crippen LogP) is 5.55. The lowest BCUT2D eigenvalue weighted by atomic mass is 10.1. The van der Waals surface area contributed by atoms with Gasteiger partial charge >= 0.3 is 0 Å². The maximum Gasteiger partial charge on any atom is 0.243 e. The Bertz CT molecular complexity index is 858. The zero-order chi connectivity index (χ0) is 23.5. The van der Waals surface area contributed by atoms with Gasteiger partial charge in [0.05, 0.1) is 7.11 Å². The predicted molar refractivity (Wildman–Crippen MR) is 132 cm³/mol. The second-order valence-corrected chi connectivity index (χ2v) is 9.27. The van der Waals surface area contributed by atoms with E-state index in [1.807, 2.05) is 69.3 Å². The van der Waals surface area contributed by atoms with Crippen LogP contribution in [0, 0.1) is 0 Å². The molecule has 2 aromatic rings. The lowest BCUT2D eigenvalue weighted by Crippen LogP contribution is -2.50. The Morgan fingerprint density at radius 3 is 2.28 bits per heavy atom. The summed E-state index contributed by atoms with van der Waals surface area (Å²) in [6.45, 7) is 6.32. The molecule has 0 spiro atoms. The Hall–Kier alpha value is -2.18. The number of carbonyl (C=O) groups excluding carboxylic acids is 2. The van der Waals surface area contributed by atoms with E-state index in [0.717, 1.165) is 22.6 Å². The van der Waals surface area contributed by atoms with Crippen LogP contribution in [0.25, 0.3) is 0 Å². The van der Waals surface area contributed by atoms with Crippen LogP contribution in [0.15, 0.2) is 53.4 Å². The van der Waals surface area contributed by atoms with Gasteiger partial charge in [-0.3, -0.25) is 9.59 Å². The molecule has 32 heavy (non-hydrogen) atoms. The van der Waals surface area contributed by atoms with Gasteiger partial charge in [0.15, 0.2) is 0 Å². The van der Waals surface area contributed by atoms with Gasteiger partial charge in [-0.2, -0.15) is 0 Å². The van der Waals surface area contributed by atoms with Crippen molar-refractivity contribution in [2.45, 2.75) is 63.6 Å². The Labute approximate surface area is 200 Å². The molecule has 0 aliphatic rings. The molecule has 0 aliphatic carbocycles. The topological polar surface area (TPSA) is 58.6 Å². The number of halogens is 1. The average molecular weight is 477 g/mol. The van der Waals surface area contributed by atoms with Crippen molar-refractivity contribution in [1.82, 2.24) is 10.2 Å². The van der Waals surface area contributed by atoms with Gasteiger partial charge in [0.2, 0.25) is 11.8 Å². The van der Waals surface area contributed by atoms with Crippen molar-refractivity contribution in [2.75, 3.05) is 12.9 Å². The van der Waals surface area contributed by atoms with Crippen molar-refractivity contribution in [3.63, 3.8) is 0 Å². The number of hydrogen-bond acceptors (Lipinski definition) is 4. The first kappa shape index (κ1) is 26.1. The minimum absolute atomic E-state index is 0.0339. The van der Waals surface area contributed by atoms with Crippen molar-refractivity contribution in [1.29, 1.82) is 0 Å². The highest BCUT2D eigenvalue weighted by Crippen LogP contribution is 2.22. The fourth-order valence-corrected chi connectivity index (χ4v) is 4.19. The van der Waals surface area contributed by atoms with Gasteiger partial charge < -0.3 is 15.0 Å². The number of thioether (sulfide) groups is 1. The van der Waals surface area contributed by atoms with Gasteiger partial charge in [-0.1, -0.05) is 37.6 Å². The molecular weight excluding hydrogens is 444 g/mol. The minimum atomic E-state index is -0.515. The van der Waals surface area contributed by atoms with Crippen molar-refractivity contribution in [3.05, 3.63) is 59.1 Å². The Morgan fingerprint density at radius 2 is 1.72 bits per heavy atom. The number of nitrogens with zero attached hydrogens (tertiary/aromatic N) is 1. The van der Waals surface area contributed by atoms with Gasteiger partial charge in [-0.25, -0.2) is 0 Å². The summed E-state index contributed by atoms with van der Waals surface area (Å²) < 4.78 is 5.23. The molecule has 1 N–H and O–H groups in total. The molecule has 2 aromatic carbocycles. The molecule has 0 fully saturated rings. The number of amides is 2. The molecule has 2 atom stereocenters. The van der Waals surface area contributed by atoms with Gasteiger partial charge in [-0.15, -0.1) is 11.8 Å². The van der Waals surface area contributed by atoms with Crippen molar-refractivity contribution in [3.8, 4) is 5.75 Å². The third kappa shape index (κ3) is 8.06. The van der Waals surface area contributed by atoms with Crippen LogP contribution >= 0.6 is 23.4 Å². The van der Waals surface area contributed by atoms with Crippen LogP contribution in [0.4, 0.5) is 0 Å². The summed E-state index contributed by atoms with van der Waals surface area (Å²) >= 11 is 7.55. The van der Waals surface area contributed by atoms with Gasteiger partial charge in [0.1, 0.15) is 11.8 Å². The first-order valence-corrected chi connectivity index (χ1v) is 12.3. The van der Waals surface area contributed by atoms with E-state index in [-0.39, 0.29) is 17.9 Å². The maximum absolute atomic E-state index is 13.3. The molecule has 2 amide bonds. The van der Waals surface area contributed by atoms with Crippen molar-refractivity contribution >= 4 is 35.2 Å². The standard InChI is InChI=1S/C25H33ClN2O3S/c1-5-18(3)27-25(30)23(6-2)28(17-19-7-11-21(31-4)12-8-19)24(29)15-16-32-22-13-9-20(26)10-14-22/h7-14,18,23H,5-6,15-17H2,1-4H3,(H,27,30). The Morgan fingerprint density at radius 1 is 1.06 bits per heavy atom. The first-order valence-electron chi connectivity index (χ1n) is 11.0. The zero-order valence-electron chi connectivity index (χ0n) is 19.3. The quantitative estimate of drug-likeness (QED) is 0.408. The monoisotopic (exact) mass is 476 g/mol. The molecule has 0 heterocycles. The Kier molecular flexibility index (Phi) is 10.9.